The van der Waals surface area contributed by atoms with E-state index in [1.54, 1.807) is 19.9 Å². The molecule has 0 aliphatic carbocycles. The zero-order chi connectivity index (χ0) is 11.8. The fourth-order valence-corrected chi connectivity index (χ4v) is 1.11. The number of halogens is 1. The maximum absolute atomic E-state index is 12.8. The number of carbonyl (C=O) groups is 1. The molecular weight excluding hydrogens is 193 g/mol. The number of amides is 1. The van der Waals surface area contributed by atoms with Crippen molar-refractivity contribution in [2.45, 2.75) is 46.7 Å². The zero-order valence-electron chi connectivity index (χ0n) is 9.93. The van der Waals surface area contributed by atoms with Crippen molar-refractivity contribution in [2.75, 3.05) is 0 Å². The molecule has 3 heteroatoms. The first-order chi connectivity index (χ1) is 7.01. The van der Waals surface area contributed by atoms with Gasteiger partial charge in [-0.3, -0.25) is 4.79 Å². The van der Waals surface area contributed by atoms with Crippen LogP contribution in [0.25, 0.3) is 0 Å². The Morgan fingerprint density at radius 1 is 1.53 bits per heavy atom. The summed E-state index contributed by atoms with van der Waals surface area (Å²) in [7, 11) is 0. The summed E-state index contributed by atoms with van der Waals surface area (Å²) >= 11 is 0. The Bertz CT molecular complexity index is 267. The van der Waals surface area contributed by atoms with Crippen LogP contribution in [-0.2, 0) is 4.79 Å². The summed E-state index contributed by atoms with van der Waals surface area (Å²) < 4.78 is 12.8. The van der Waals surface area contributed by atoms with E-state index in [2.05, 4.69) is 5.32 Å². The van der Waals surface area contributed by atoms with Gasteiger partial charge in [-0.25, -0.2) is 4.39 Å². The van der Waals surface area contributed by atoms with Crippen molar-refractivity contribution in [3.05, 3.63) is 23.4 Å². The first-order valence-corrected chi connectivity index (χ1v) is 5.28. The molecule has 1 atom stereocenters. The highest BCUT2D eigenvalue weighted by Gasteiger charge is 2.08. The quantitative estimate of drug-likeness (QED) is 0.698. The van der Waals surface area contributed by atoms with Gasteiger partial charge >= 0.3 is 0 Å². The van der Waals surface area contributed by atoms with Crippen LogP contribution in [0.15, 0.2) is 23.4 Å². The van der Waals surface area contributed by atoms with Crippen LogP contribution in [0.3, 0.4) is 0 Å². The summed E-state index contributed by atoms with van der Waals surface area (Å²) in [6, 6.07) is 0. The van der Waals surface area contributed by atoms with Crippen molar-refractivity contribution in [3.8, 4) is 0 Å². The smallest absolute Gasteiger partial charge is 0.250 e. The van der Waals surface area contributed by atoms with Crippen molar-refractivity contribution in [1.29, 1.82) is 0 Å². The van der Waals surface area contributed by atoms with Crippen LogP contribution in [0, 0.1) is 0 Å². The van der Waals surface area contributed by atoms with E-state index < -0.39 is 6.17 Å². The first-order valence-electron chi connectivity index (χ1n) is 5.28. The molecule has 15 heavy (non-hydrogen) atoms. The van der Waals surface area contributed by atoms with E-state index in [1.165, 1.54) is 6.92 Å². The van der Waals surface area contributed by atoms with Crippen LogP contribution in [0.2, 0.25) is 0 Å². The van der Waals surface area contributed by atoms with Gasteiger partial charge in [-0.15, -0.1) is 0 Å². The van der Waals surface area contributed by atoms with Crippen molar-refractivity contribution in [2.24, 2.45) is 0 Å². The van der Waals surface area contributed by atoms with Crippen LogP contribution in [0.4, 0.5) is 4.39 Å². The van der Waals surface area contributed by atoms with E-state index in [0.717, 1.165) is 6.42 Å². The molecular formula is C12H20FNO. The highest BCUT2D eigenvalue weighted by molar-refractivity contribution is 5.93. The highest BCUT2D eigenvalue weighted by Crippen LogP contribution is 2.07. The predicted molar refractivity (Wildman–Crippen MR) is 61.1 cm³/mol. The summed E-state index contributed by atoms with van der Waals surface area (Å²) in [6.45, 7) is 6.98. The Morgan fingerprint density at radius 2 is 2.13 bits per heavy atom. The minimum Gasteiger partial charge on any atom is -0.326 e. The van der Waals surface area contributed by atoms with Gasteiger partial charge in [-0.2, -0.15) is 0 Å². The number of hydrogen-bond acceptors (Lipinski definition) is 1. The molecule has 86 valence electrons. The number of carbonyl (C=O) groups excluding carboxylic acids is 1. The molecule has 0 saturated heterocycles. The molecule has 0 spiro atoms. The van der Waals surface area contributed by atoms with E-state index >= 15 is 0 Å². The van der Waals surface area contributed by atoms with Gasteiger partial charge in [0.2, 0.25) is 0 Å². The number of alkyl halides is 1. The Hall–Kier alpha value is -1.12. The Balaban J connectivity index is 4.43. The maximum Gasteiger partial charge on any atom is 0.250 e. The SMILES string of the molecule is CC=C(C)C(=O)NC(=CCC)CC(C)F. The molecule has 2 nitrogen and oxygen atoms in total. The highest BCUT2D eigenvalue weighted by atomic mass is 19.1. The summed E-state index contributed by atoms with van der Waals surface area (Å²) in [4.78, 5) is 11.5. The van der Waals surface area contributed by atoms with Gasteiger partial charge in [0.1, 0.15) is 6.17 Å². The second-order valence-corrected chi connectivity index (χ2v) is 3.55. The molecule has 0 fully saturated rings. The second-order valence-electron chi connectivity index (χ2n) is 3.55. The van der Waals surface area contributed by atoms with Gasteiger partial charge in [-0.05, 0) is 27.2 Å². The van der Waals surface area contributed by atoms with Crippen LogP contribution < -0.4 is 5.32 Å². The molecule has 0 aliphatic heterocycles. The monoisotopic (exact) mass is 213 g/mol. The molecule has 0 aliphatic rings. The van der Waals surface area contributed by atoms with Crippen LogP contribution in [-0.4, -0.2) is 12.1 Å². The predicted octanol–water partition coefficient (Wildman–Crippen LogP) is 3.11. The van der Waals surface area contributed by atoms with Crippen molar-refractivity contribution in [1.82, 2.24) is 5.32 Å². The van der Waals surface area contributed by atoms with E-state index in [0.29, 0.717) is 11.3 Å². The number of allylic oxidation sites excluding steroid dienone is 3. The summed E-state index contributed by atoms with van der Waals surface area (Å²) in [5, 5.41) is 2.71. The molecule has 0 aromatic rings. The normalized spacial score (nSPS) is 15.0. The van der Waals surface area contributed by atoms with Crippen molar-refractivity contribution in [3.63, 3.8) is 0 Å². The third-order valence-electron chi connectivity index (χ3n) is 2.02. The molecule has 0 rings (SSSR count). The molecule has 0 bridgehead atoms. The van der Waals surface area contributed by atoms with Gasteiger partial charge in [0, 0.05) is 17.7 Å². The average molecular weight is 213 g/mol. The van der Waals surface area contributed by atoms with Gasteiger partial charge in [0.05, 0.1) is 0 Å². The first kappa shape index (κ1) is 13.9. The average Bonchev–Trinajstić information content (AvgIpc) is 2.15. The second kappa shape index (κ2) is 7.21. The lowest BCUT2D eigenvalue weighted by atomic mass is 10.2. The van der Waals surface area contributed by atoms with Crippen LogP contribution in [0.1, 0.15) is 40.5 Å². The maximum atomic E-state index is 12.8. The molecule has 0 aromatic heterocycles. The molecule has 1 amide bonds. The number of rotatable bonds is 5. The van der Waals surface area contributed by atoms with Crippen molar-refractivity contribution < 1.29 is 9.18 Å². The third kappa shape index (κ3) is 6.05. The van der Waals surface area contributed by atoms with Gasteiger partial charge < -0.3 is 5.32 Å². The lowest BCUT2D eigenvalue weighted by molar-refractivity contribution is -0.116. The minimum atomic E-state index is -0.936. The number of nitrogens with one attached hydrogen (secondary N) is 1. The zero-order valence-corrected chi connectivity index (χ0v) is 9.93. The fourth-order valence-electron chi connectivity index (χ4n) is 1.11. The molecule has 1 unspecified atom stereocenters. The van der Waals surface area contributed by atoms with Crippen molar-refractivity contribution >= 4 is 5.91 Å². The molecule has 1 N–H and O–H groups in total. The largest absolute Gasteiger partial charge is 0.326 e. The van der Waals surface area contributed by atoms with E-state index in [-0.39, 0.29) is 12.3 Å². The fraction of sp³-hybridized carbons (Fsp3) is 0.583. The lowest BCUT2D eigenvalue weighted by Crippen LogP contribution is -2.24. The summed E-state index contributed by atoms with van der Waals surface area (Å²) in [5.74, 6) is -0.155. The van der Waals surface area contributed by atoms with Gasteiger partial charge in [-0.1, -0.05) is 19.1 Å². The minimum absolute atomic E-state index is 0.155. The molecule has 0 heterocycles. The molecule has 0 aromatic carbocycles. The Morgan fingerprint density at radius 3 is 2.53 bits per heavy atom. The Labute approximate surface area is 91.3 Å². The van der Waals surface area contributed by atoms with E-state index in [9.17, 15) is 9.18 Å². The molecule has 0 saturated carbocycles. The third-order valence-corrected chi connectivity index (χ3v) is 2.02. The van der Waals surface area contributed by atoms with E-state index in [1.807, 2.05) is 13.0 Å². The van der Waals surface area contributed by atoms with E-state index in [4.69, 9.17) is 0 Å². The van der Waals surface area contributed by atoms with Gasteiger partial charge in [0.15, 0.2) is 0 Å². The topological polar surface area (TPSA) is 29.1 Å². The Kier molecular flexibility index (Phi) is 6.67. The summed E-state index contributed by atoms with van der Waals surface area (Å²) in [6.07, 6.45) is 3.69. The van der Waals surface area contributed by atoms with Gasteiger partial charge in [0.25, 0.3) is 5.91 Å². The molecule has 0 radical (unpaired) electrons. The summed E-state index contributed by atoms with van der Waals surface area (Å²) in [5.41, 5.74) is 1.31. The lowest BCUT2D eigenvalue weighted by Gasteiger charge is -2.10. The standard InChI is InChI=1S/C12H20FNO/c1-5-7-11(8-10(4)13)14-12(15)9(3)6-2/h6-7,10H,5,8H2,1-4H3,(H,14,15). The number of hydrogen-bond donors (Lipinski definition) is 1. The van der Waals surface area contributed by atoms with Crippen LogP contribution in [0.5, 0.6) is 0 Å². The van der Waals surface area contributed by atoms with Crippen LogP contribution >= 0.6 is 0 Å².